The Labute approximate surface area is 94.8 Å². The quantitative estimate of drug-likeness (QED) is 0.589. The summed E-state index contributed by atoms with van der Waals surface area (Å²) >= 11 is 0. The molecule has 3 N–H and O–H groups in total. The number of aryl methyl sites for hydroxylation is 1. The van der Waals surface area contributed by atoms with Gasteiger partial charge < -0.3 is 15.8 Å². The largest absolute Gasteiger partial charge is 0.462 e. The number of carbonyl (C=O) groups excluding carboxylic acids is 1. The molecular formula is C12H16N2O2. The number of nitrogen functional groups attached to an aromatic ring is 1. The van der Waals surface area contributed by atoms with Gasteiger partial charge in [-0.25, -0.2) is 4.79 Å². The maximum Gasteiger partial charge on any atom is 0.340 e. The van der Waals surface area contributed by atoms with Crippen LogP contribution in [0, 0.1) is 0 Å². The first-order chi connectivity index (χ1) is 7.72. The second-order valence-corrected chi connectivity index (χ2v) is 3.85. The Bertz CT molecular complexity index is 416. The monoisotopic (exact) mass is 220 g/mol. The van der Waals surface area contributed by atoms with E-state index < -0.39 is 0 Å². The number of fused-ring (bicyclic) bond motifs is 1. The summed E-state index contributed by atoms with van der Waals surface area (Å²) in [7, 11) is 0. The van der Waals surface area contributed by atoms with Gasteiger partial charge in [0, 0.05) is 17.9 Å². The van der Waals surface area contributed by atoms with Gasteiger partial charge in [0.05, 0.1) is 12.2 Å². The Balaban J connectivity index is 2.35. The van der Waals surface area contributed by atoms with Crippen molar-refractivity contribution in [2.75, 3.05) is 24.2 Å². The van der Waals surface area contributed by atoms with Gasteiger partial charge >= 0.3 is 5.97 Å². The van der Waals surface area contributed by atoms with E-state index in [0.29, 0.717) is 17.9 Å². The molecule has 1 aliphatic heterocycles. The maximum absolute atomic E-state index is 11.6. The van der Waals surface area contributed by atoms with E-state index in [0.717, 1.165) is 30.6 Å². The normalized spacial score (nSPS) is 13.8. The number of nitrogens with two attached hydrogens (primary N) is 1. The Morgan fingerprint density at radius 3 is 3.12 bits per heavy atom. The second kappa shape index (κ2) is 4.43. The van der Waals surface area contributed by atoms with Gasteiger partial charge in [-0.2, -0.15) is 0 Å². The lowest BCUT2D eigenvalue weighted by atomic mass is 9.99. The van der Waals surface area contributed by atoms with Crippen LogP contribution in [0.5, 0.6) is 0 Å². The Hall–Kier alpha value is -1.71. The highest BCUT2D eigenvalue weighted by atomic mass is 16.5. The van der Waals surface area contributed by atoms with Crippen LogP contribution in [0.3, 0.4) is 0 Å². The fourth-order valence-corrected chi connectivity index (χ4v) is 1.92. The number of carbonyl (C=O) groups is 1. The van der Waals surface area contributed by atoms with Crippen LogP contribution in [0.1, 0.15) is 29.3 Å². The minimum atomic E-state index is -0.339. The van der Waals surface area contributed by atoms with Gasteiger partial charge in [0.2, 0.25) is 0 Å². The molecule has 0 spiro atoms. The van der Waals surface area contributed by atoms with Gasteiger partial charge in [0.15, 0.2) is 0 Å². The van der Waals surface area contributed by atoms with Crippen molar-refractivity contribution in [3.05, 3.63) is 23.3 Å². The van der Waals surface area contributed by atoms with Crippen LogP contribution in [0.2, 0.25) is 0 Å². The molecule has 86 valence electrons. The fraction of sp³-hybridized carbons (Fsp3) is 0.417. The standard InChI is InChI=1S/C12H16N2O2/c1-2-16-12(15)9-6-8-4-3-5-14-11(8)7-10(9)13/h6-7,14H,2-5,13H2,1H3. The summed E-state index contributed by atoms with van der Waals surface area (Å²) < 4.78 is 4.96. The molecule has 0 saturated carbocycles. The first-order valence-corrected chi connectivity index (χ1v) is 5.55. The molecule has 0 amide bonds. The molecule has 1 aromatic carbocycles. The number of benzene rings is 1. The number of nitrogens with one attached hydrogen (secondary N) is 1. The van der Waals surface area contributed by atoms with E-state index >= 15 is 0 Å². The SMILES string of the molecule is CCOC(=O)c1cc2c(cc1N)NCCC2. The molecular weight excluding hydrogens is 204 g/mol. The summed E-state index contributed by atoms with van der Waals surface area (Å²) in [6, 6.07) is 3.66. The predicted molar refractivity (Wildman–Crippen MR) is 63.6 cm³/mol. The smallest absolute Gasteiger partial charge is 0.340 e. The molecule has 1 heterocycles. The molecule has 0 atom stereocenters. The van der Waals surface area contributed by atoms with Crippen LogP contribution in [-0.4, -0.2) is 19.1 Å². The topological polar surface area (TPSA) is 64.3 Å². The lowest BCUT2D eigenvalue weighted by Crippen LogP contribution is -2.15. The third-order valence-electron chi connectivity index (χ3n) is 2.71. The molecule has 0 aliphatic carbocycles. The van der Waals surface area contributed by atoms with Crippen LogP contribution in [-0.2, 0) is 11.2 Å². The van der Waals surface area contributed by atoms with Crippen molar-refractivity contribution in [2.24, 2.45) is 0 Å². The number of rotatable bonds is 2. The van der Waals surface area contributed by atoms with E-state index in [1.165, 1.54) is 0 Å². The fourth-order valence-electron chi connectivity index (χ4n) is 1.92. The van der Waals surface area contributed by atoms with Crippen molar-refractivity contribution in [1.82, 2.24) is 0 Å². The summed E-state index contributed by atoms with van der Waals surface area (Å²) in [6.45, 7) is 3.12. The number of ether oxygens (including phenoxy) is 1. The molecule has 4 heteroatoms. The van der Waals surface area contributed by atoms with Crippen LogP contribution >= 0.6 is 0 Å². The lowest BCUT2D eigenvalue weighted by molar-refractivity contribution is 0.0527. The highest BCUT2D eigenvalue weighted by Crippen LogP contribution is 2.27. The Kier molecular flexibility index (Phi) is 2.99. The average molecular weight is 220 g/mol. The Morgan fingerprint density at radius 2 is 2.38 bits per heavy atom. The van der Waals surface area contributed by atoms with Crippen LogP contribution in [0.4, 0.5) is 11.4 Å². The van der Waals surface area contributed by atoms with Gasteiger partial charge in [-0.1, -0.05) is 0 Å². The Morgan fingerprint density at radius 1 is 1.56 bits per heavy atom. The van der Waals surface area contributed by atoms with Crippen LogP contribution < -0.4 is 11.1 Å². The van der Waals surface area contributed by atoms with Crippen molar-refractivity contribution in [3.63, 3.8) is 0 Å². The summed E-state index contributed by atoms with van der Waals surface area (Å²) in [5.74, 6) is -0.339. The number of esters is 1. The maximum atomic E-state index is 11.6. The van der Waals surface area contributed by atoms with Crippen molar-refractivity contribution in [3.8, 4) is 0 Å². The minimum absolute atomic E-state index is 0.339. The molecule has 2 rings (SSSR count). The highest BCUT2D eigenvalue weighted by Gasteiger charge is 2.16. The van der Waals surface area contributed by atoms with E-state index in [2.05, 4.69) is 5.32 Å². The zero-order chi connectivity index (χ0) is 11.5. The van der Waals surface area contributed by atoms with Gasteiger partial charge in [-0.15, -0.1) is 0 Å². The molecule has 0 radical (unpaired) electrons. The molecule has 0 aromatic heterocycles. The van der Waals surface area contributed by atoms with E-state index in [-0.39, 0.29) is 5.97 Å². The van der Waals surface area contributed by atoms with Gasteiger partial charge in [0.25, 0.3) is 0 Å². The lowest BCUT2D eigenvalue weighted by Gasteiger charge is -2.19. The number of hydrogen-bond donors (Lipinski definition) is 2. The molecule has 4 nitrogen and oxygen atoms in total. The summed E-state index contributed by atoms with van der Waals surface area (Å²) in [5, 5.41) is 3.27. The molecule has 0 saturated heterocycles. The van der Waals surface area contributed by atoms with E-state index in [1.54, 1.807) is 6.92 Å². The predicted octanol–water partition coefficient (Wildman–Crippen LogP) is 1.80. The van der Waals surface area contributed by atoms with Gasteiger partial charge in [0.1, 0.15) is 0 Å². The van der Waals surface area contributed by atoms with Crippen molar-refractivity contribution < 1.29 is 9.53 Å². The molecule has 0 bridgehead atoms. The van der Waals surface area contributed by atoms with E-state index in [1.807, 2.05) is 12.1 Å². The van der Waals surface area contributed by atoms with Gasteiger partial charge in [-0.3, -0.25) is 0 Å². The first-order valence-electron chi connectivity index (χ1n) is 5.55. The minimum Gasteiger partial charge on any atom is -0.462 e. The van der Waals surface area contributed by atoms with Crippen molar-refractivity contribution in [2.45, 2.75) is 19.8 Å². The molecule has 1 aliphatic rings. The highest BCUT2D eigenvalue weighted by molar-refractivity contribution is 5.96. The molecule has 0 fully saturated rings. The average Bonchev–Trinajstić information content (AvgIpc) is 2.28. The van der Waals surface area contributed by atoms with Gasteiger partial charge in [-0.05, 0) is 37.5 Å². The first kappa shape index (κ1) is 10.8. The van der Waals surface area contributed by atoms with Crippen molar-refractivity contribution >= 4 is 17.3 Å². The summed E-state index contributed by atoms with van der Waals surface area (Å²) in [4.78, 5) is 11.6. The summed E-state index contributed by atoms with van der Waals surface area (Å²) in [6.07, 6.45) is 2.06. The van der Waals surface area contributed by atoms with Crippen LogP contribution in [0.15, 0.2) is 12.1 Å². The number of anilines is 2. The molecule has 1 aromatic rings. The third kappa shape index (κ3) is 1.96. The van der Waals surface area contributed by atoms with E-state index in [4.69, 9.17) is 10.5 Å². The number of hydrogen-bond acceptors (Lipinski definition) is 4. The van der Waals surface area contributed by atoms with Crippen LogP contribution in [0.25, 0.3) is 0 Å². The van der Waals surface area contributed by atoms with Crippen molar-refractivity contribution in [1.29, 1.82) is 0 Å². The summed E-state index contributed by atoms with van der Waals surface area (Å²) in [5.41, 5.74) is 8.97. The molecule has 0 unspecified atom stereocenters. The third-order valence-corrected chi connectivity index (χ3v) is 2.71. The zero-order valence-corrected chi connectivity index (χ0v) is 9.38. The zero-order valence-electron chi connectivity index (χ0n) is 9.38. The van der Waals surface area contributed by atoms with E-state index in [9.17, 15) is 4.79 Å². The second-order valence-electron chi connectivity index (χ2n) is 3.85. The molecule has 16 heavy (non-hydrogen) atoms.